The van der Waals surface area contributed by atoms with Gasteiger partial charge in [-0.15, -0.1) is 0 Å². The van der Waals surface area contributed by atoms with E-state index in [0.717, 1.165) is 6.07 Å². The molecule has 21 nitrogen and oxygen atoms in total. The highest BCUT2D eigenvalue weighted by atomic mass is 32.2. The molecule has 2 heterocycles. The number of methoxy groups -OCH3 is 2. The number of benzene rings is 4. The van der Waals surface area contributed by atoms with Crippen molar-refractivity contribution in [3.8, 4) is 0 Å². The fourth-order valence-corrected chi connectivity index (χ4v) is 12.6. The summed E-state index contributed by atoms with van der Waals surface area (Å²) in [5.74, 6) is -1.49. The van der Waals surface area contributed by atoms with Crippen molar-refractivity contribution in [2.45, 2.75) is 84.3 Å². The van der Waals surface area contributed by atoms with E-state index < -0.39 is 72.8 Å². The summed E-state index contributed by atoms with van der Waals surface area (Å²) in [6.07, 6.45) is 10.7. The molecular formula is C52H67N2O19S4+. The normalized spacial score (nSPS) is 18.8. The molecular weight excluding hydrogens is 1080 g/mol. The molecule has 2 aliphatic rings. The number of carbonyl (C=O) groups is 1. The van der Waals surface area contributed by atoms with Gasteiger partial charge in [0.2, 0.25) is 5.69 Å². The third-order valence-corrected chi connectivity index (χ3v) is 17.2. The van der Waals surface area contributed by atoms with Crippen LogP contribution in [0.5, 0.6) is 0 Å². The van der Waals surface area contributed by atoms with E-state index in [-0.39, 0.29) is 67.8 Å². The van der Waals surface area contributed by atoms with Crippen molar-refractivity contribution in [1.82, 2.24) is 0 Å². The summed E-state index contributed by atoms with van der Waals surface area (Å²) in [5, 5.41) is 10.6. The molecule has 6 rings (SSSR count). The molecule has 0 aliphatic carbocycles. The Bertz CT molecular complexity index is 3410. The van der Waals surface area contributed by atoms with Gasteiger partial charge < -0.3 is 33.7 Å². The molecule has 2 atom stereocenters. The van der Waals surface area contributed by atoms with Gasteiger partial charge in [-0.2, -0.15) is 38.2 Å². The van der Waals surface area contributed by atoms with Crippen LogP contribution in [0.4, 0.5) is 11.4 Å². The van der Waals surface area contributed by atoms with Gasteiger partial charge in [0, 0.05) is 73.7 Å². The van der Waals surface area contributed by atoms with E-state index in [2.05, 4.69) is 0 Å². The maximum Gasteiger partial charge on any atom is 0.303 e. The average molecular weight is 1150 g/mol. The molecule has 0 saturated carbocycles. The number of carboxylic acids is 1. The summed E-state index contributed by atoms with van der Waals surface area (Å²) in [6.45, 7) is 6.70. The lowest BCUT2D eigenvalue weighted by Crippen LogP contribution is -2.32. The molecule has 0 radical (unpaired) electrons. The van der Waals surface area contributed by atoms with Crippen molar-refractivity contribution in [1.29, 1.82) is 0 Å². The molecule has 0 aromatic heterocycles. The van der Waals surface area contributed by atoms with E-state index in [1.807, 2.05) is 47.6 Å². The Hall–Kier alpha value is -5.00. The van der Waals surface area contributed by atoms with Gasteiger partial charge in [0.1, 0.15) is 11.5 Å². The standard InChI is InChI=1S/C52H66N2O19S4/c1-51(21-11-33-74(57,58)59)46(54(24-26-69-3)43-19-16-37-15-17-38(75(60,61)62)34-41(37)49(43)51)12-7-5-8-13-47-52(2,22-25-71-29-30-73-32-31-72-28-27-70-4)50-42-35-39(76(63,64)65)36-45(77(66,67)68)40(42)18-20-44(50)53(47)23-10-6-9-14-48(55)56/h5,7-8,12-13,15-20,34-36H,6,9-11,14,21-33H2,1-4H3,(H4-,55,56,57,58,59,60,61,62,63,64,65,66,67,68)/p+1. The van der Waals surface area contributed by atoms with Crippen molar-refractivity contribution in [2.24, 2.45) is 0 Å². The molecule has 0 bridgehead atoms. The van der Waals surface area contributed by atoms with Gasteiger partial charge in [0.15, 0.2) is 12.3 Å². The zero-order chi connectivity index (χ0) is 56.4. The van der Waals surface area contributed by atoms with Gasteiger partial charge in [-0.3, -0.25) is 23.0 Å². The van der Waals surface area contributed by atoms with Gasteiger partial charge in [-0.25, -0.2) is 0 Å². The minimum Gasteiger partial charge on any atom is -0.481 e. The minimum absolute atomic E-state index is 0.0118. The molecule has 4 aromatic rings. The number of unbranched alkanes of at least 4 members (excludes halogenated alkanes) is 2. The maximum atomic E-state index is 12.9. The number of nitrogens with zero attached hydrogens (tertiary/aromatic N) is 2. The van der Waals surface area contributed by atoms with Crippen LogP contribution in [0.2, 0.25) is 0 Å². The largest absolute Gasteiger partial charge is 0.481 e. The monoisotopic (exact) mass is 1150 g/mol. The van der Waals surface area contributed by atoms with E-state index in [0.29, 0.717) is 110 Å². The fourth-order valence-electron chi connectivity index (χ4n) is 10.3. The average Bonchev–Trinajstić information content (AvgIpc) is 4.02. The first-order valence-corrected chi connectivity index (χ1v) is 30.7. The molecule has 5 N–H and O–H groups in total. The molecule has 0 fully saturated rings. The number of hydrogen-bond donors (Lipinski definition) is 5. The van der Waals surface area contributed by atoms with Crippen molar-refractivity contribution in [2.75, 3.05) is 90.8 Å². The molecule has 0 saturated heterocycles. The number of rotatable bonds is 31. The summed E-state index contributed by atoms with van der Waals surface area (Å²) in [4.78, 5) is 11.6. The first-order valence-electron chi connectivity index (χ1n) is 24.7. The number of hydrogen-bond acceptors (Lipinski definition) is 15. The van der Waals surface area contributed by atoms with Crippen LogP contribution < -0.4 is 4.90 Å². The number of ether oxygens (including phenoxy) is 5. The second-order valence-corrected chi connectivity index (χ2v) is 24.9. The van der Waals surface area contributed by atoms with Crippen molar-refractivity contribution < 1.29 is 90.0 Å². The van der Waals surface area contributed by atoms with Crippen LogP contribution in [-0.2, 0) is 79.8 Å². The SMILES string of the molecule is COCCOCCOCCOCCC1(C)\C(=C/C=C/C=C/C2=[N+](CCOC)c3ccc4ccc(S(=O)(=O)O)cc4c3C2(C)CCCS(=O)(=O)O)N(CCCCCC(=O)O)c2ccc3c(S(=O)(=O)O)cc(S(=O)(=O)O)cc3c21. The molecule has 2 unspecified atom stereocenters. The third-order valence-electron chi connectivity index (χ3n) is 13.8. The van der Waals surface area contributed by atoms with E-state index in [9.17, 15) is 61.8 Å². The summed E-state index contributed by atoms with van der Waals surface area (Å²) in [7, 11) is -16.0. The van der Waals surface area contributed by atoms with Gasteiger partial charge in [0.05, 0.1) is 60.6 Å². The Labute approximate surface area is 449 Å². The van der Waals surface area contributed by atoms with Gasteiger partial charge >= 0.3 is 5.97 Å². The Morgan fingerprint density at radius 3 is 1.88 bits per heavy atom. The Balaban J connectivity index is 1.47. The molecule has 0 spiro atoms. The van der Waals surface area contributed by atoms with Crippen molar-refractivity contribution in [3.63, 3.8) is 0 Å². The molecule has 4 aromatic carbocycles. The lowest BCUT2D eigenvalue weighted by molar-refractivity contribution is -0.441. The summed E-state index contributed by atoms with van der Waals surface area (Å²) in [5.41, 5.74) is 1.58. The molecule has 422 valence electrons. The van der Waals surface area contributed by atoms with E-state index >= 15 is 0 Å². The Kier molecular flexibility index (Phi) is 20.6. The fraction of sp³-hybridized carbons (Fsp3) is 0.462. The highest BCUT2D eigenvalue weighted by Gasteiger charge is 2.49. The Morgan fingerprint density at radius 2 is 1.26 bits per heavy atom. The number of aliphatic carboxylic acids is 1. The topological polar surface area (TPSA) is 307 Å². The van der Waals surface area contributed by atoms with Crippen LogP contribution in [0.1, 0.15) is 69.9 Å². The van der Waals surface area contributed by atoms with Gasteiger partial charge in [0.25, 0.3) is 40.5 Å². The summed E-state index contributed by atoms with van der Waals surface area (Å²) >= 11 is 0. The predicted octanol–water partition coefficient (Wildman–Crippen LogP) is 6.91. The van der Waals surface area contributed by atoms with Crippen LogP contribution in [0.25, 0.3) is 21.5 Å². The molecule has 2 aliphatic heterocycles. The molecule has 77 heavy (non-hydrogen) atoms. The lowest BCUT2D eigenvalue weighted by atomic mass is 9.74. The number of anilines is 1. The second-order valence-electron chi connectivity index (χ2n) is 19.1. The van der Waals surface area contributed by atoms with Crippen LogP contribution in [0.3, 0.4) is 0 Å². The number of allylic oxidation sites excluding steroid dienone is 6. The first kappa shape index (κ1) is 61.2. The minimum atomic E-state index is -5.06. The van der Waals surface area contributed by atoms with E-state index in [4.69, 9.17) is 23.7 Å². The maximum absolute atomic E-state index is 12.9. The van der Waals surface area contributed by atoms with E-state index in [1.165, 1.54) is 25.3 Å². The molecule has 25 heteroatoms. The van der Waals surface area contributed by atoms with Crippen LogP contribution in [0, 0.1) is 0 Å². The number of carboxylic acid groups (broad SMARTS) is 1. The van der Waals surface area contributed by atoms with Gasteiger partial charge in [-0.1, -0.05) is 36.8 Å². The van der Waals surface area contributed by atoms with Crippen molar-refractivity contribution >= 4 is 85.1 Å². The predicted molar refractivity (Wildman–Crippen MR) is 288 cm³/mol. The molecule has 0 amide bonds. The zero-order valence-electron chi connectivity index (χ0n) is 43.3. The highest BCUT2D eigenvalue weighted by molar-refractivity contribution is 7.87. The Morgan fingerprint density at radius 1 is 0.623 bits per heavy atom. The van der Waals surface area contributed by atoms with E-state index in [1.54, 1.807) is 37.5 Å². The highest BCUT2D eigenvalue weighted by Crippen LogP contribution is 2.54. The second kappa shape index (κ2) is 25.9. The third kappa shape index (κ3) is 15.0. The van der Waals surface area contributed by atoms with Crippen LogP contribution >= 0.6 is 0 Å². The number of fused-ring (bicyclic) bond motifs is 6. The summed E-state index contributed by atoms with van der Waals surface area (Å²) in [6, 6.07) is 12.9. The van der Waals surface area contributed by atoms with Crippen LogP contribution in [-0.4, -0.2) is 159 Å². The van der Waals surface area contributed by atoms with Crippen molar-refractivity contribution in [3.05, 3.63) is 102 Å². The van der Waals surface area contributed by atoms with Crippen LogP contribution in [0.15, 0.2) is 105 Å². The zero-order valence-corrected chi connectivity index (χ0v) is 46.6. The summed E-state index contributed by atoms with van der Waals surface area (Å²) < 4.78 is 170. The quantitative estimate of drug-likeness (QED) is 0.0148. The first-order chi connectivity index (χ1) is 36.3. The smallest absolute Gasteiger partial charge is 0.303 e. The lowest BCUT2D eigenvalue weighted by Gasteiger charge is -2.31. The van der Waals surface area contributed by atoms with Gasteiger partial charge in [-0.05, 0) is 110 Å².